The average molecular weight is 276 g/mol. The number of thioether (sulfide) groups is 1. The lowest BCUT2D eigenvalue weighted by Gasteiger charge is -2.15. The first-order chi connectivity index (χ1) is 9.20. The van der Waals surface area contributed by atoms with E-state index in [-0.39, 0.29) is 11.9 Å². The lowest BCUT2D eigenvalue weighted by atomic mass is 10.1. The van der Waals surface area contributed by atoms with Crippen LogP contribution in [-0.2, 0) is 6.54 Å². The molecule has 2 aromatic rings. The maximum Gasteiger partial charge on any atom is 0.137 e. The molecule has 4 heteroatoms. The van der Waals surface area contributed by atoms with Crippen molar-refractivity contribution in [3.8, 4) is 0 Å². The Hall–Kier alpha value is -1.39. The molecule has 0 bridgehead atoms. The second-order valence-electron chi connectivity index (χ2n) is 4.36. The van der Waals surface area contributed by atoms with Gasteiger partial charge in [0.05, 0.1) is 0 Å². The van der Waals surface area contributed by atoms with Crippen LogP contribution in [-0.4, -0.2) is 11.2 Å². The van der Waals surface area contributed by atoms with Gasteiger partial charge in [-0.2, -0.15) is 0 Å². The molecule has 1 heterocycles. The van der Waals surface area contributed by atoms with E-state index >= 15 is 0 Å². The predicted octanol–water partition coefficient (Wildman–Crippen LogP) is 3.79. The van der Waals surface area contributed by atoms with Gasteiger partial charge in [-0.05, 0) is 42.5 Å². The van der Waals surface area contributed by atoms with Gasteiger partial charge in [0.1, 0.15) is 5.82 Å². The number of nitrogens with one attached hydrogen (secondary N) is 1. The summed E-state index contributed by atoms with van der Waals surface area (Å²) in [5.41, 5.74) is 2.08. The zero-order valence-electron chi connectivity index (χ0n) is 11.1. The van der Waals surface area contributed by atoms with E-state index in [9.17, 15) is 4.39 Å². The first-order valence-corrected chi connectivity index (χ1v) is 7.39. The number of pyridine rings is 1. The number of aromatic nitrogens is 1. The molecular formula is C15H17FN2S. The highest BCUT2D eigenvalue weighted by Gasteiger charge is 2.08. The van der Waals surface area contributed by atoms with Crippen molar-refractivity contribution in [2.75, 3.05) is 6.26 Å². The molecule has 0 aliphatic heterocycles. The summed E-state index contributed by atoms with van der Waals surface area (Å²) in [4.78, 5) is 4.75. The van der Waals surface area contributed by atoms with Gasteiger partial charge in [0, 0.05) is 29.9 Å². The van der Waals surface area contributed by atoms with Crippen LogP contribution in [0, 0.1) is 5.82 Å². The Balaban J connectivity index is 2.00. The van der Waals surface area contributed by atoms with E-state index in [4.69, 9.17) is 0 Å². The molecule has 0 amide bonds. The summed E-state index contributed by atoms with van der Waals surface area (Å²) in [7, 11) is 0. The average Bonchev–Trinajstić information content (AvgIpc) is 2.45. The summed E-state index contributed by atoms with van der Waals surface area (Å²) in [5.74, 6) is -0.153. The third-order valence-electron chi connectivity index (χ3n) is 3.01. The van der Waals surface area contributed by atoms with Gasteiger partial charge >= 0.3 is 0 Å². The van der Waals surface area contributed by atoms with Crippen molar-refractivity contribution in [3.05, 3.63) is 59.7 Å². The summed E-state index contributed by atoms with van der Waals surface area (Å²) in [5, 5.41) is 3.37. The van der Waals surface area contributed by atoms with Crippen molar-refractivity contribution < 1.29 is 4.39 Å². The fourth-order valence-electron chi connectivity index (χ4n) is 1.84. The Morgan fingerprint density at radius 1 is 1.37 bits per heavy atom. The van der Waals surface area contributed by atoms with Gasteiger partial charge in [0.15, 0.2) is 0 Å². The zero-order chi connectivity index (χ0) is 13.7. The SMILES string of the molecule is CSc1ccc([C@H](C)NCc2cccnc2)cc1F. The van der Waals surface area contributed by atoms with Crippen molar-refractivity contribution in [1.29, 1.82) is 0 Å². The van der Waals surface area contributed by atoms with Crippen LogP contribution < -0.4 is 5.32 Å². The maximum atomic E-state index is 13.7. The van der Waals surface area contributed by atoms with Gasteiger partial charge < -0.3 is 5.32 Å². The molecule has 1 aromatic heterocycles. The number of hydrogen-bond acceptors (Lipinski definition) is 3. The molecule has 19 heavy (non-hydrogen) atoms. The number of rotatable bonds is 5. The Morgan fingerprint density at radius 2 is 2.21 bits per heavy atom. The maximum absolute atomic E-state index is 13.7. The molecule has 0 unspecified atom stereocenters. The quantitative estimate of drug-likeness (QED) is 0.841. The van der Waals surface area contributed by atoms with E-state index in [1.54, 1.807) is 12.3 Å². The number of halogens is 1. The van der Waals surface area contributed by atoms with Crippen LogP contribution in [0.15, 0.2) is 47.6 Å². The number of nitrogens with zero attached hydrogens (tertiary/aromatic N) is 1. The Labute approximate surface area is 117 Å². The highest BCUT2D eigenvalue weighted by Crippen LogP contribution is 2.23. The molecule has 0 fully saturated rings. The van der Waals surface area contributed by atoms with E-state index in [0.29, 0.717) is 4.90 Å². The van der Waals surface area contributed by atoms with Gasteiger partial charge in [0.2, 0.25) is 0 Å². The normalized spacial score (nSPS) is 12.4. The molecule has 1 N–H and O–H groups in total. The van der Waals surface area contributed by atoms with Crippen LogP contribution in [0.25, 0.3) is 0 Å². The smallest absolute Gasteiger partial charge is 0.137 e. The predicted molar refractivity (Wildman–Crippen MR) is 77.7 cm³/mol. The fraction of sp³-hybridized carbons (Fsp3) is 0.267. The Morgan fingerprint density at radius 3 is 2.84 bits per heavy atom. The number of benzene rings is 1. The highest BCUT2D eigenvalue weighted by atomic mass is 32.2. The third kappa shape index (κ3) is 3.78. The summed E-state index contributed by atoms with van der Waals surface area (Å²) in [6.45, 7) is 2.75. The van der Waals surface area contributed by atoms with Crippen molar-refractivity contribution in [1.82, 2.24) is 10.3 Å². The number of hydrogen-bond donors (Lipinski definition) is 1. The molecule has 2 nitrogen and oxygen atoms in total. The minimum absolute atomic E-state index is 0.102. The molecule has 100 valence electrons. The third-order valence-corrected chi connectivity index (χ3v) is 3.78. The standard InChI is InChI=1S/C15H17FN2S/c1-11(18-10-12-4-3-7-17-9-12)13-5-6-15(19-2)14(16)8-13/h3-9,11,18H,10H2,1-2H3/t11-/m0/s1. The summed E-state index contributed by atoms with van der Waals surface area (Å²) in [6, 6.07) is 9.43. The molecule has 0 aliphatic rings. The lowest BCUT2D eigenvalue weighted by Crippen LogP contribution is -2.18. The molecule has 1 aromatic carbocycles. The largest absolute Gasteiger partial charge is 0.306 e. The molecule has 0 radical (unpaired) electrons. The van der Waals surface area contributed by atoms with Crippen LogP contribution >= 0.6 is 11.8 Å². The Bertz CT molecular complexity index is 531. The monoisotopic (exact) mass is 276 g/mol. The van der Waals surface area contributed by atoms with Crippen LogP contribution in [0.3, 0.4) is 0 Å². The zero-order valence-corrected chi connectivity index (χ0v) is 11.9. The van der Waals surface area contributed by atoms with Crippen molar-refractivity contribution >= 4 is 11.8 Å². The topological polar surface area (TPSA) is 24.9 Å². The second-order valence-corrected chi connectivity index (χ2v) is 5.21. The highest BCUT2D eigenvalue weighted by molar-refractivity contribution is 7.98. The molecule has 1 atom stereocenters. The molecule has 2 rings (SSSR count). The van der Waals surface area contributed by atoms with E-state index in [1.165, 1.54) is 11.8 Å². The molecule has 0 aliphatic carbocycles. The van der Waals surface area contributed by atoms with Crippen LogP contribution in [0.5, 0.6) is 0 Å². The Kier molecular flexibility index (Phi) is 4.93. The van der Waals surface area contributed by atoms with Crippen LogP contribution in [0.1, 0.15) is 24.1 Å². The van der Waals surface area contributed by atoms with E-state index in [1.807, 2.05) is 43.6 Å². The molecule has 0 saturated carbocycles. The molecule has 0 saturated heterocycles. The van der Waals surface area contributed by atoms with Crippen LogP contribution in [0.2, 0.25) is 0 Å². The fourth-order valence-corrected chi connectivity index (χ4v) is 2.30. The van der Waals surface area contributed by atoms with Gasteiger partial charge in [-0.25, -0.2) is 4.39 Å². The second kappa shape index (κ2) is 6.68. The van der Waals surface area contributed by atoms with Gasteiger partial charge in [-0.15, -0.1) is 11.8 Å². The lowest BCUT2D eigenvalue weighted by molar-refractivity contribution is 0.558. The van der Waals surface area contributed by atoms with Gasteiger partial charge in [-0.3, -0.25) is 4.98 Å². The van der Waals surface area contributed by atoms with E-state index < -0.39 is 0 Å². The van der Waals surface area contributed by atoms with Crippen molar-refractivity contribution in [2.45, 2.75) is 24.4 Å². The first kappa shape index (κ1) is 14.0. The first-order valence-electron chi connectivity index (χ1n) is 6.16. The summed E-state index contributed by atoms with van der Waals surface area (Å²) < 4.78 is 13.7. The van der Waals surface area contributed by atoms with Crippen molar-refractivity contribution in [3.63, 3.8) is 0 Å². The minimum Gasteiger partial charge on any atom is -0.306 e. The minimum atomic E-state index is -0.153. The molecule has 0 spiro atoms. The van der Waals surface area contributed by atoms with Crippen molar-refractivity contribution in [2.24, 2.45) is 0 Å². The van der Waals surface area contributed by atoms with Gasteiger partial charge in [-0.1, -0.05) is 12.1 Å². The van der Waals surface area contributed by atoms with Crippen LogP contribution in [0.4, 0.5) is 4.39 Å². The van der Waals surface area contributed by atoms with E-state index in [0.717, 1.165) is 17.7 Å². The van der Waals surface area contributed by atoms with E-state index in [2.05, 4.69) is 10.3 Å². The summed E-state index contributed by atoms with van der Waals surface area (Å²) >= 11 is 1.42. The van der Waals surface area contributed by atoms with Gasteiger partial charge in [0.25, 0.3) is 0 Å². The molecular weight excluding hydrogens is 259 g/mol. The summed E-state index contributed by atoms with van der Waals surface area (Å²) in [6.07, 6.45) is 5.46.